The first-order valence-electron chi connectivity index (χ1n) is 1.96. The summed E-state index contributed by atoms with van der Waals surface area (Å²) in [5.41, 5.74) is 0. The molecule has 1 fully saturated rings. The van der Waals surface area contributed by atoms with Gasteiger partial charge in [0.05, 0.1) is 10.5 Å². The molecule has 0 aromatic rings. The van der Waals surface area contributed by atoms with Crippen molar-refractivity contribution in [3.05, 3.63) is 0 Å². The van der Waals surface area contributed by atoms with Crippen LogP contribution in [0.4, 0.5) is 0 Å². The van der Waals surface area contributed by atoms with Crippen LogP contribution in [-0.2, 0) is 0 Å². The summed E-state index contributed by atoms with van der Waals surface area (Å²) < 4.78 is 0. The molecule has 7 heavy (non-hydrogen) atoms. The summed E-state index contributed by atoms with van der Waals surface area (Å²) in [5, 5.41) is 0.648. The highest BCUT2D eigenvalue weighted by molar-refractivity contribution is 8.08. The van der Waals surface area contributed by atoms with Crippen LogP contribution in [0.5, 0.6) is 0 Å². The summed E-state index contributed by atoms with van der Waals surface area (Å²) in [4.78, 5) is 0. The van der Waals surface area contributed by atoms with Crippen LogP contribution in [-0.4, -0.2) is 10.5 Å². The molecule has 1 saturated heterocycles. The lowest BCUT2D eigenvalue weighted by Crippen LogP contribution is -1.82. The topological polar surface area (TPSA) is 0 Å². The van der Waals surface area contributed by atoms with Gasteiger partial charge >= 0.3 is 0 Å². The van der Waals surface area contributed by atoms with Crippen LogP contribution in [0.3, 0.4) is 0 Å². The van der Waals surface area contributed by atoms with Gasteiger partial charge in [-0.05, 0) is 0 Å². The quantitative estimate of drug-likeness (QED) is 0.326. The van der Waals surface area contributed by atoms with Crippen molar-refractivity contribution in [3.8, 4) is 24.7 Å². The maximum Gasteiger partial charge on any atom is 0.0896 e. The van der Waals surface area contributed by atoms with Crippen LogP contribution in [0.2, 0.25) is 0 Å². The lowest BCUT2D eigenvalue weighted by molar-refractivity contribution is 1.32. The molecular formula is C6H4S. The molecule has 0 radical (unpaired) electrons. The minimum Gasteiger partial charge on any atom is -0.124 e. The Balaban J connectivity index is 2.39. The fraction of sp³-hybridized carbons (Fsp3) is 0.333. The smallest absolute Gasteiger partial charge is 0.0896 e. The van der Waals surface area contributed by atoms with Crippen molar-refractivity contribution >= 4 is 11.8 Å². The summed E-state index contributed by atoms with van der Waals surface area (Å²) in [6.07, 6.45) is 10.1. The predicted octanol–water partition coefficient (Wildman–Crippen LogP) is 0.737. The molecular weight excluding hydrogens is 104 g/mol. The second-order valence-electron chi connectivity index (χ2n) is 1.31. The van der Waals surface area contributed by atoms with Crippen LogP contribution in [0.25, 0.3) is 0 Å². The van der Waals surface area contributed by atoms with E-state index in [2.05, 4.69) is 11.8 Å². The van der Waals surface area contributed by atoms with E-state index in [0.29, 0.717) is 10.5 Å². The van der Waals surface area contributed by atoms with Gasteiger partial charge in [-0.25, -0.2) is 0 Å². The van der Waals surface area contributed by atoms with Crippen LogP contribution < -0.4 is 0 Å². The zero-order chi connectivity index (χ0) is 5.28. The minimum absolute atomic E-state index is 0.324. The molecule has 0 bridgehead atoms. The highest BCUT2D eigenvalue weighted by Crippen LogP contribution is 2.39. The lowest BCUT2D eigenvalue weighted by atomic mass is 10.3. The summed E-state index contributed by atoms with van der Waals surface area (Å²) in [6, 6.07) is 0. The third-order valence-electron chi connectivity index (χ3n) is 0.820. The van der Waals surface area contributed by atoms with Crippen molar-refractivity contribution in [1.82, 2.24) is 0 Å². The van der Waals surface area contributed by atoms with Crippen molar-refractivity contribution in [2.24, 2.45) is 0 Å². The normalized spacial score (nSPS) is 35.7. The maximum atomic E-state index is 5.03. The zero-order valence-corrected chi connectivity index (χ0v) is 4.53. The van der Waals surface area contributed by atoms with Crippen molar-refractivity contribution in [2.75, 3.05) is 0 Å². The van der Waals surface area contributed by atoms with E-state index in [1.165, 1.54) is 0 Å². The van der Waals surface area contributed by atoms with Crippen molar-refractivity contribution in [2.45, 2.75) is 10.5 Å². The molecule has 0 aromatic carbocycles. The average Bonchev–Trinajstić information content (AvgIpc) is 2.43. The SMILES string of the molecule is C#C[C@@H]1S[C@H]1C#C. The summed E-state index contributed by atoms with van der Waals surface area (Å²) >= 11 is 1.66. The third kappa shape index (κ3) is 0.734. The van der Waals surface area contributed by atoms with Gasteiger partial charge < -0.3 is 0 Å². The molecule has 0 N–H and O–H groups in total. The van der Waals surface area contributed by atoms with Gasteiger partial charge in [0.25, 0.3) is 0 Å². The number of hydrogen-bond donors (Lipinski definition) is 0. The molecule has 0 nitrogen and oxygen atoms in total. The van der Waals surface area contributed by atoms with E-state index in [1.54, 1.807) is 11.8 Å². The zero-order valence-electron chi connectivity index (χ0n) is 3.72. The molecule has 0 saturated carbocycles. The largest absolute Gasteiger partial charge is 0.124 e. The lowest BCUT2D eigenvalue weighted by Gasteiger charge is -1.65. The molecule has 34 valence electrons. The number of hydrogen-bond acceptors (Lipinski definition) is 1. The molecule has 0 aliphatic carbocycles. The van der Waals surface area contributed by atoms with Crippen LogP contribution in [0.15, 0.2) is 0 Å². The molecule has 1 heterocycles. The molecule has 0 unspecified atom stereocenters. The number of rotatable bonds is 0. The highest BCUT2D eigenvalue weighted by atomic mass is 32.2. The first kappa shape index (κ1) is 4.62. The van der Waals surface area contributed by atoms with Crippen LogP contribution >= 0.6 is 11.8 Å². The van der Waals surface area contributed by atoms with E-state index >= 15 is 0 Å². The minimum atomic E-state index is 0.324. The van der Waals surface area contributed by atoms with E-state index in [-0.39, 0.29) is 0 Å². The molecule has 2 atom stereocenters. The second kappa shape index (κ2) is 1.52. The highest BCUT2D eigenvalue weighted by Gasteiger charge is 2.34. The summed E-state index contributed by atoms with van der Waals surface area (Å²) in [7, 11) is 0. The van der Waals surface area contributed by atoms with Gasteiger partial charge in [-0.1, -0.05) is 11.8 Å². The molecule has 0 spiro atoms. The van der Waals surface area contributed by atoms with Crippen molar-refractivity contribution < 1.29 is 0 Å². The third-order valence-corrected chi connectivity index (χ3v) is 1.91. The maximum absolute atomic E-state index is 5.03. The average molecular weight is 108 g/mol. The Kier molecular flexibility index (Phi) is 1.01. The Bertz CT molecular complexity index is 129. The van der Waals surface area contributed by atoms with Crippen molar-refractivity contribution in [1.29, 1.82) is 0 Å². The first-order chi connectivity index (χ1) is 3.38. The second-order valence-corrected chi connectivity index (χ2v) is 2.60. The molecule has 0 aromatic heterocycles. The van der Waals surface area contributed by atoms with Gasteiger partial charge in [-0.3, -0.25) is 0 Å². The van der Waals surface area contributed by atoms with Gasteiger partial charge in [-0.2, -0.15) is 0 Å². The molecule has 1 aliphatic heterocycles. The standard InChI is InChI=1S/C6H4S/c1-3-5-6(4-2)7-5/h1-2,5-6H/t5-,6-/m0/s1. The fourth-order valence-corrected chi connectivity index (χ4v) is 0.905. The van der Waals surface area contributed by atoms with E-state index in [9.17, 15) is 0 Å². The van der Waals surface area contributed by atoms with Gasteiger partial charge in [0.2, 0.25) is 0 Å². The molecule has 1 rings (SSSR count). The molecule has 0 amide bonds. The van der Waals surface area contributed by atoms with E-state index < -0.39 is 0 Å². The van der Waals surface area contributed by atoms with Gasteiger partial charge in [0.15, 0.2) is 0 Å². The van der Waals surface area contributed by atoms with Gasteiger partial charge in [0.1, 0.15) is 0 Å². The Morgan fingerprint density at radius 2 is 1.57 bits per heavy atom. The predicted molar refractivity (Wildman–Crippen MR) is 32.8 cm³/mol. The van der Waals surface area contributed by atoms with Crippen LogP contribution in [0.1, 0.15) is 0 Å². The molecule has 1 aliphatic rings. The van der Waals surface area contributed by atoms with E-state index in [4.69, 9.17) is 12.8 Å². The van der Waals surface area contributed by atoms with Crippen LogP contribution in [0, 0.1) is 24.7 Å². The Morgan fingerprint density at radius 1 is 1.14 bits per heavy atom. The van der Waals surface area contributed by atoms with E-state index in [0.717, 1.165) is 0 Å². The number of thioether (sulfide) groups is 1. The van der Waals surface area contributed by atoms with Gasteiger partial charge in [0, 0.05) is 0 Å². The van der Waals surface area contributed by atoms with Gasteiger partial charge in [-0.15, -0.1) is 24.6 Å². The monoisotopic (exact) mass is 108 g/mol. The Morgan fingerprint density at radius 3 is 1.71 bits per heavy atom. The Labute approximate surface area is 47.7 Å². The summed E-state index contributed by atoms with van der Waals surface area (Å²) in [6.45, 7) is 0. The first-order valence-corrected chi connectivity index (χ1v) is 2.90. The summed E-state index contributed by atoms with van der Waals surface area (Å²) in [5.74, 6) is 5.12. The van der Waals surface area contributed by atoms with E-state index in [1.807, 2.05) is 0 Å². The van der Waals surface area contributed by atoms with Crippen molar-refractivity contribution in [3.63, 3.8) is 0 Å². The molecule has 1 heteroatoms. The fourth-order valence-electron chi connectivity index (χ4n) is 0.366. The Hall–Kier alpha value is -0.530. The number of terminal acetylenes is 2.